The monoisotopic (exact) mass is 239 g/mol. The minimum atomic E-state index is 0.527. The fraction of sp³-hybridized carbons (Fsp3) is 0.500. The zero-order chi connectivity index (χ0) is 11.5. The molecule has 0 bridgehead atoms. The van der Waals surface area contributed by atoms with Gasteiger partial charge in [-0.1, -0.05) is 11.6 Å². The molecule has 0 aliphatic carbocycles. The molecule has 1 fully saturated rings. The molecule has 3 N–H and O–H groups in total. The van der Waals surface area contributed by atoms with Gasteiger partial charge in [0.25, 0.3) is 0 Å². The van der Waals surface area contributed by atoms with Gasteiger partial charge in [-0.15, -0.1) is 0 Å². The Morgan fingerprint density at radius 3 is 2.69 bits per heavy atom. The summed E-state index contributed by atoms with van der Waals surface area (Å²) >= 11 is 5.86. The summed E-state index contributed by atoms with van der Waals surface area (Å²) < 4.78 is 0. The van der Waals surface area contributed by atoms with E-state index in [1.165, 1.54) is 12.8 Å². The Labute approximate surface area is 102 Å². The van der Waals surface area contributed by atoms with Crippen LogP contribution in [0.2, 0.25) is 5.02 Å². The van der Waals surface area contributed by atoms with Crippen LogP contribution in [0.1, 0.15) is 12.8 Å². The van der Waals surface area contributed by atoms with Crippen molar-refractivity contribution < 1.29 is 0 Å². The molecule has 0 saturated carbocycles. The van der Waals surface area contributed by atoms with Gasteiger partial charge in [-0.2, -0.15) is 0 Å². The summed E-state index contributed by atoms with van der Waals surface area (Å²) in [6.45, 7) is 2.29. The Hall–Kier alpha value is -0.930. The summed E-state index contributed by atoms with van der Waals surface area (Å²) in [5, 5.41) is 4.17. The average molecular weight is 240 g/mol. The first kappa shape index (κ1) is 11.6. The average Bonchev–Trinajstić information content (AvgIpc) is 2.25. The third-order valence-electron chi connectivity index (χ3n) is 3.09. The first-order valence-corrected chi connectivity index (χ1v) is 6.03. The molecule has 16 heavy (non-hydrogen) atoms. The van der Waals surface area contributed by atoms with Crippen molar-refractivity contribution in [3.8, 4) is 0 Å². The number of likely N-dealkylation sites (tertiary alicyclic amines) is 1. The Morgan fingerprint density at radius 1 is 1.38 bits per heavy atom. The van der Waals surface area contributed by atoms with Crippen LogP contribution >= 0.6 is 11.6 Å². The Morgan fingerprint density at radius 2 is 2.06 bits per heavy atom. The third kappa shape index (κ3) is 2.80. The van der Waals surface area contributed by atoms with Gasteiger partial charge in [-0.25, -0.2) is 0 Å². The van der Waals surface area contributed by atoms with Crippen LogP contribution in [0.5, 0.6) is 0 Å². The number of anilines is 2. The van der Waals surface area contributed by atoms with Crippen molar-refractivity contribution in [2.24, 2.45) is 0 Å². The maximum atomic E-state index is 5.91. The smallest absolute Gasteiger partial charge is 0.0577 e. The van der Waals surface area contributed by atoms with Gasteiger partial charge in [-0.3, -0.25) is 0 Å². The van der Waals surface area contributed by atoms with Crippen molar-refractivity contribution in [1.29, 1.82) is 0 Å². The van der Waals surface area contributed by atoms with Crippen molar-refractivity contribution in [2.75, 3.05) is 31.2 Å². The lowest BCUT2D eigenvalue weighted by Crippen LogP contribution is -2.36. The van der Waals surface area contributed by atoms with Gasteiger partial charge in [0.15, 0.2) is 0 Å². The van der Waals surface area contributed by atoms with E-state index in [0.717, 1.165) is 24.5 Å². The molecule has 1 saturated heterocycles. The fourth-order valence-electron chi connectivity index (χ4n) is 2.04. The van der Waals surface area contributed by atoms with E-state index in [9.17, 15) is 0 Å². The zero-order valence-electron chi connectivity index (χ0n) is 9.54. The zero-order valence-corrected chi connectivity index (χ0v) is 10.3. The molecule has 4 heteroatoms. The van der Waals surface area contributed by atoms with E-state index < -0.39 is 0 Å². The quantitative estimate of drug-likeness (QED) is 0.779. The second-order valence-electron chi connectivity index (χ2n) is 4.45. The molecule has 3 nitrogen and oxygen atoms in total. The summed E-state index contributed by atoms with van der Waals surface area (Å²) in [5.41, 5.74) is 7.64. The lowest BCUT2D eigenvalue weighted by Gasteiger charge is -2.30. The highest BCUT2D eigenvalue weighted by molar-refractivity contribution is 6.31. The predicted molar refractivity (Wildman–Crippen MR) is 70.0 cm³/mol. The summed E-state index contributed by atoms with van der Waals surface area (Å²) in [6.07, 6.45) is 2.33. The number of hydrogen-bond donors (Lipinski definition) is 2. The Balaban J connectivity index is 1.98. The first-order chi connectivity index (χ1) is 7.65. The number of rotatable bonds is 2. The second kappa shape index (κ2) is 4.93. The first-order valence-electron chi connectivity index (χ1n) is 5.65. The number of benzene rings is 1. The predicted octanol–water partition coefficient (Wildman–Crippen LogP) is 2.43. The van der Waals surface area contributed by atoms with Crippen LogP contribution in [-0.2, 0) is 0 Å². The molecule has 0 aromatic heterocycles. The highest BCUT2D eigenvalue weighted by atomic mass is 35.5. The molecule has 88 valence electrons. The van der Waals surface area contributed by atoms with E-state index in [1.807, 2.05) is 12.1 Å². The van der Waals surface area contributed by atoms with Gasteiger partial charge in [0, 0.05) is 11.1 Å². The summed E-state index contributed by atoms with van der Waals surface area (Å²) in [7, 11) is 2.16. The SMILES string of the molecule is CN1CCC(Nc2ccc(Cl)cc2N)CC1. The third-order valence-corrected chi connectivity index (χ3v) is 3.33. The molecular formula is C12H18ClN3. The van der Waals surface area contributed by atoms with Crippen LogP contribution < -0.4 is 11.1 Å². The van der Waals surface area contributed by atoms with E-state index in [2.05, 4.69) is 17.3 Å². The number of nitrogens with two attached hydrogens (primary N) is 1. The van der Waals surface area contributed by atoms with Crippen LogP contribution in [0.4, 0.5) is 11.4 Å². The molecular weight excluding hydrogens is 222 g/mol. The van der Waals surface area contributed by atoms with Crippen molar-refractivity contribution in [3.63, 3.8) is 0 Å². The molecule has 0 atom stereocenters. The van der Waals surface area contributed by atoms with Gasteiger partial charge in [0.05, 0.1) is 11.4 Å². The lowest BCUT2D eigenvalue weighted by atomic mass is 10.1. The molecule has 0 radical (unpaired) electrons. The maximum Gasteiger partial charge on any atom is 0.0577 e. The lowest BCUT2D eigenvalue weighted by molar-refractivity contribution is 0.264. The minimum Gasteiger partial charge on any atom is -0.397 e. The van der Waals surface area contributed by atoms with E-state index in [0.29, 0.717) is 11.1 Å². The van der Waals surface area contributed by atoms with Crippen LogP contribution in [0.15, 0.2) is 18.2 Å². The summed E-state index contributed by atoms with van der Waals surface area (Å²) in [5.74, 6) is 0. The van der Waals surface area contributed by atoms with Crippen molar-refractivity contribution >= 4 is 23.0 Å². The Kier molecular flexibility index (Phi) is 3.56. The van der Waals surface area contributed by atoms with E-state index in [1.54, 1.807) is 6.07 Å². The van der Waals surface area contributed by atoms with Gasteiger partial charge in [0.2, 0.25) is 0 Å². The van der Waals surface area contributed by atoms with Gasteiger partial charge in [0.1, 0.15) is 0 Å². The number of nitrogens with zero attached hydrogens (tertiary/aromatic N) is 1. The van der Waals surface area contributed by atoms with Gasteiger partial charge in [-0.05, 0) is 51.2 Å². The topological polar surface area (TPSA) is 41.3 Å². The van der Waals surface area contributed by atoms with Crippen molar-refractivity contribution in [1.82, 2.24) is 4.90 Å². The standard InChI is InChI=1S/C12H18ClN3/c1-16-6-4-10(5-7-16)15-12-3-2-9(13)8-11(12)14/h2-3,8,10,15H,4-7,14H2,1H3. The molecule has 1 aromatic carbocycles. The van der Waals surface area contributed by atoms with Crippen molar-refractivity contribution in [3.05, 3.63) is 23.2 Å². The largest absolute Gasteiger partial charge is 0.397 e. The molecule has 1 aliphatic rings. The molecule has 0 unspecified atom stereocenters. The number of nitrogen functional groups attached to an aromatic ring is 1. The minimum absolute atomic E-state index is 0.527. The fourth-order valence-corrected chi connectivity index (χ4v) is 2.22. The summed E-state index contributed by atoms with van der Waals surface area (Å²) in [4.78, 5) is 2.35. The second-order valence-corrected chi connectivity index (χ2v) is 4.89. The van der Waals surface area contributed by atoms with Crippen LogP contribution in [-0.4, -0.2) is 31.1 Å². The molecule has 1 aromatic rings. The van der Waals surface area contributed by atoms with Crippen LogP contribution in [0.3, 0.4) is 0 Å². The molecule has 0 amide bonds. The highest BCUT2D eigenvalue weighted by Gasteiger charge is 2.16. The number of hydrogen-bond acceptors (Lipinski definition) is 3. The maximum absolute atomic E-state index is 5.91. The van der Waals surface area contributed by atoms with E-state index >= 15 is 0 Å². The Bertz CT molecular complexity index is 359. The summed E-state index contributed by atoms with van der Waals surface area (Å²) in [6, 6.07) is 6.14. The van der Waals surface area contributed by atoms with Gasteiger partial charge < -0.3 is 16.0 Å². The number of piperidine rings is 1. The molecule has 1 aliphatic heterocycles. The number of halogens is 1. The van der Waals surface area contributed by atoms with Crippen LogP contribution in [0.25, 0.3) is 0 Å². The van der Waals surface area contributed by atoms with Crippen LogP contribution in [0, 0.1) is 0 Å². The van der Waals surface area contributed by atoms with E-state index in [-0.39, 0.29) is 0 Å². The van der Waals surface area contributed by atoms with E-state index in [4.69, 9.17) is 17.3 Å². The molecule has 2 rings (SSSR count). The molecule has 1 heterocycles. The number of nitrogens with one attached hydrogen (secondary N) is 1. The molecule has 0 spiro atoms. The highest BCUT2D eigenvalue weighted by Crippen LogP contribution is 2.25. The normalized spacial score (nSPS) is 18.6. The van der Waals surface area contributed by atoms with Crippen molar-refractivity contribution in [2.45, 2.75) is 18.9 Å². The van der Waals surface area contributed by atoms with Gasteiger partial charge >= 0.3 is 0 Å².